The number of aryl methyl sites for hydroxylation is 1. The second kappa shape index (κ2) is 8.37. The molecule has 1 N–H and O–H groups in total. The molecule has 3 aromatic rings. The topological polar surface area (TPSA) is 97.2 Å². The lowest BCUT2D eigenvalue weighted by molar-refractivity contribution is -0.121. The molecule has 0 unspecified atom stereocenters. The average molecular weight is 429 g/mol. The fraction of sp³-hybridized carbons (Fsp3) is 0.292. The van der Waals surface area contributed by atoms with Crippen LogP contribution in [0.5, 0.6) is 0 Å². The normalized spacial score (nSPS) is 16.1. The second-order valence-corrected chi connectivity index (χ2v) is 8.11. The highest BCUT2D eigenvalue weighted by molar-refractivity contribution is 6.20. The Kier molecular flexibility index (Phi) is 5.26. The first-order valence-corrected chi connectivity index (χ1v) is 10.9. The Morgan fingerprint density at radius 3 is 2.44 bits per heavy atom. The van der Waals surface area contributed by atoms with E-state index >= 15 is 0 Å². The van der Waals surface area contributed by atoms with Crippen LogP contribution in [0.25, 0.3) is 11.4 Å². The molecule has 2 aromatic carbocycles. The molecule has 2 aliphatic heterocycles. The number of fused-ring (bicyclic) bond motifs is 1. The highest BCUT2D eigenvalue weighted by atomic mass is 16.2. The fourth-order valence-corrected chi connectivity index (χ4v) is 4.26. The van der Waals surface area contributed by atoms with E-state index in [1.807, 2.05) is 24.3 Å². The number of amides is 3. The first-order chi connectivity index (χ1) is 15.6. The fourth-order valence-electron chi connectivity index (χ4n) is 4.26. The van der Waals surface area contributed by atoms with Gasteiger partial charge < -0.3 is 9.88 Å². The molecule has 1 aromatic heterocycles. The highest BCUT2D eigenvalue weighted by Crippen LogP contribution is 2.26. The summed E-state index contributed by atoms with van der Waals surface area (Å²) in [4.78, 5) is 37.9. The first kappa shape index (κ1) is 20.1. The van der Waals surface area contributed by atoms with E-state index in [0.29, 0.717) is 16.9 Å². The molecular formula is C24H23N5O3. The summed E-state index contributed by atoms with van der Waals surface area (Å²) in [5, 5.41) is 11.6. The molecule has 0 radical (unpaired) electrons. The predicted molar refractivity (Wildman–Crippen MR) is 119 cm³/mol. The number of carbonyl (C=O) groups excluding carboxylic acids is 3. The van der Waals surface area contributed by atoms with Gasteiger partial charge >= 0.3 is 0 Å². The number of aromatic nitrogens is 3. The van der Waals surface area contributed by atoms with Crippen molar-refractivity contribution < 1.29 is 14.4 Å². The van der Waals surface area contributed by atoms with Crippen molar-refractivity contribution in [1.29, 1.82) is 0 Å². The van der Waals surface area contributed by atoms with Crippen LogP contribution in [0.4, 0.5) is 11.4 Å². The van der Waals surface area contributed by atoms with Gasteiger partial charge in [0.2, 0.25) is 11.8 Å². The average Bonchev–Trinajstić information content (AvgIpc) is 3.27. The van der Waals surface area contributed by atoms with Crippen molar-refractivity contribution in [2.24, 2.45) is 0 Å². The van der Waals surface area contributed by atoms with Crippen LogP contribution in [-0.2, 0) is 22.6 Å². The Morgan fingerprint density at radius 2 is 1.66 bits per heavy atom. The number of rotatable bonds is 4. The number of hydrogen-bond donors (Lipinski definition) is 1. The van der Waals surface area contributed by atoms with E-state index in [-0.39, 0.29) is 30.6 Å². The molecule has 0 spiro atoms. The lowest BCUT2D eigenvalue weighted by Crippen LogP contribution is -2.28. The van der Waals surface area contributed by atoms with Crippen molar-refractivity contribution in [3.05, 3.63) is 59.9 Å². The third-order valence-corrected chi connectivity index (χ3v) is 5.93. The molecule has 8 heteroatoms. The Bertz CT molecular complexity index is 1180. The maximum atomic E-state index is 12.8. The van der Waals surface area contributed by atoms with Crippen LogP contribution in [0.1, 0.15) is 48.3 Å². The van der Waals surface area contributed by atoms with Crippen LogP contribution in [0, 0.1) is 0 Å². The van der Waals surface area contributed by atoms with Crippen LogP contribution in [-0.4, -0.2) is 32.5 Å². The maximum absolute atomic E-state index is 12.8. The van der Waals surface area contributed by atoms with Gasteiger partial charge in [0.25, 0.3) is 5.91 Å². The molecule has 0 aliphatic carbocycles. The molecule has 0 atom stereocenters. The number of anilines is 2. The largest absolute Gasteiger partial charge is 0.322 e. The molecule has 3 amide bonds. The molecule has 1 saturated heterocycles. The van der Waals surface area contributed by atoms with Crippen molar-refractivity contribution in [1.82, 2.24) is 14.8 Å². The minimum absolute atomic E-state index is 0.205. The molecule has 1 fully saturated rings. The van der Waals surface area contributed by atoms with Crippen LogP contribution < -0.4 is 10.2 Å². The van der Waals surface area contributed by atoms with E-state index in [9.17, 15) is 14.4 Å². The summed E-state index contributed by atoms with van der Waals surface area (Å²) in [5.41, 5.74) is 2.40. The zero-order valence-electron chi connectivity index (χ0n) is 17.6. The van der Waals surface area contributed by atoms with E-state index in [4.69, 9.17) is 0 Å². The molecule has 0 saturated carbocycles. The lowest BCUT2D eigenvalue weighted by Gasteiger charge is -2.15. The minimum Gasteiger partial charge on any atom is -0.322 e. The van der Waals surface area contributed by atoms with Gasteiger partial charge in [-0.05, 0) is 55.3 Å². The Balaban J connectivity index is 1.32. The Hall–Kier alpha value is -3.81. The van der Waals surface area contributed by atoms with E-state index in [2.05, 4.69) is 20.1 Å². The van der Waals surface area contributed by atoms with Gasteiger partial charge in [-0.25, -0.2) is 0 Å². The Labute approximate surface area is 185 Å². The van der Waals surface area contributed by atoms with Crippen LogP contribution in [0.15, 0.2) is 48.5 Å². The van der Waals surface area contributed by atoms with Crippen LogP contribution in [0.2, 0.25) is 0 Å². The van der Waals surface area contributed by atoms with Gasteiger partial charge in [0.05, 0.1) is 5.69 Å². The van der Waals surface area contributed by atoms with Crippen molar-refractivity contribution in [2.45, 2.75) is 45.1 Å². The number of benzene rings is 2. The van der Waals surface area contributed by atoms with E-state index in [1.165, 1.54) is 6.42 Å². The van der Waals surface area contributed by atoms with Crippen LogP contribution in [0.3, 0.4) is 0 Å². The second-order valence-electron chi connectivity index (χ2n) is 8.11. The summed E-state index contributed by atoms with van der Waals surface area (Å²) in [6.45, 7) is 0.925. The van der Waals surface area contributed by atoms with Gasteiger partial charge in [0.1, 0.15) is 5.82 Å². The van der Waals surface area contributed by atoms with E-state index in [1.54, 1.807) is 24.3 Å². The summed E-state index contributed by atoms with van der Waals surface area (Å²) in [6, 6.07) is 14.1. The number of nitrogens with zero attached hydrogens (tertiary/aromatic N) is 4. The van der Waals surface area contributed by atoms with Gasteiger partial charge in [-0.2, -0.15) is 0 Å². The van der Waals surface area contributed by atoms with Gasteiger partial charge in [-0.3, -0.25) is 19.3 Å². The smallest absolute Gasteiger partial charge is 0.255 e. The van der Waals surface area contributed by atoms with Crippen LogP contribution >= 0.6 is 0 Å². The number of nitrogens with one attached hydrogen (secondary N) is 1. The summed E-state index contributed by atoms with van der Waals surface area (Å²) in [5.74, 6) is 1.09. The third kappa shape index (κ3) is 3.79. The zero-order chi connectivity index (χ0) is 22.1. The summed E-state index contributed by atoms with van der Waals surface area (Å²) >= 11 is 0. The maximum Gasteiger partial charge on any atom is 0.255 e. The van der Waals surface area contributed by atoms with Crippen molar-refractivity contribution in [3.8, 4) is 11.4 Å². The molecule has 3 heterocycles. The van der Waals surface area contributed by atoms with E-state index < -0.39 is 0 Å². The van der Waals surface area contributed by atoms with Crippen molar-refractivity contribution in [2.75, 3.05) is 10.2 Å². The van der Waals surface area contributed by atoms with Gasteiger partial charge in [0, 0.05) is 42.6 Å². The number of carbonyl (C=O) groups is 3. The highest BCUT2D eigenvalue weighted by Gasteiger charge is 2.30. The zero-order valence-corrected chi connectivity index (χ0v) is 17.6. The summed E-state index contributed by atoms with van der Waals surface area (Å²) in [7, 11) is 0. The molecule has 162 valence electrons. The molecule has 8 nitrogen and oxygen atoms in total. The Morgan fingerprint density at radius 1 is 0.875 bits per heavy atom. The first-order valence-electron chi connectivity index (χ1n) is 10.9. The van der Waals surface area contributed by atoms with Gasteiger partial charge in [-0.15, -0.1) is 10.2 Å². The summed E-state index contributed by atoms with van der Waals surface area (Å²) in [6.07, 6.45) is 4.84. The molecular weight excluding hydrogens is 406 g/mol. The molecule has 2 aliphatic rings. The minimum atomic E-state index is -0.310. The van der Waals surface area contributed by atoms with Gasteiger partial charge in [0.15, 0.2) is 5.82 Å². The standard InChI is InChI=1S/C24H23N5O3/c30-21-12-13-22(31)29(21)19-6-4-5-17(15-19)24(32)25-18-10-8-16(9-11-18)23-27-26-20-7-2-1-3-14-28(20)23/h4-6,8-11,15H,1-3,7,12-14H2,(H,25,32). The van der Waals surface area contributed by atoms with Gasteiger partial charge in [-0.1, -0.05) is 12.5 Å². The summed E-state index contributed by atoms with van der Waals surface area (Å²) < 4.78 is 2.19. The monoisotopic (exact) mass is 429 g/mol. The molecule has 5 rings (SSSR count). The number of imide groups is 1. The molecule has 0 bridgehead atoms. The number of hydrogen-bond acceptors (Lipinski definition) is 5. The molecule has 32 heavy (non-hydrogen) atoms. The van der Waals surface area contributed by atoms with Crippen molar-refractivity contribution >= 4 is 29.1 Å². The van der Waals surface area contributed by atoms with E-state index in [0.717, 1.165) is 47.9 Å². The third-order valence-electron chi connectivity index (χ3n) is 5.93. The quantitative estimate of drug-likeness (QED) is 0.640. The lowest BCUT2D eigenvalue weighted by atomic mass is 10.1. The predicted octanol–water partition coefficient (Wildman–Crippen LogP) is 3.58. The van der Waals surface area contributed by atoms with Crippen molar-refractivity contribution in [3.63, 3.8) is 0 Å². The SMILES string of the molecule is O=C(Nc1ccc(-c2nnc3n2CCCCC3)cc1)c1cccc(N2C(=O)CCC2=O)c1.